The number of amides is 1. The first-order valence-corrected chi connectivity index (χ1v) is 8.75. The number of ether oxygens (including phenoxy) is 1. The minimum atomic E-state index is -4.09. The van der Waals surface area contributed by atoms with Crippen LogP contribution in [0.25, 0.3) is 0 Å². The summed E-state index contributed by atoms with van der Waals surface area (Å²) in [5.41, 5.74) is -1.04. The van der Waals surface area contributed by atoms with E-state index in [1.165, 1.54) is 0 Å². The number of primary sulfonamides is 1. The highest BCUT2D eigenvalue weighted by molar-refractivity contribution is 7.89. The van der Waals surface area contributed by atoms with Crippen LogP contribution in [0.1, 0.15) is 10.4 Å². The van der Waals surface area contributed by atoms with Crippen LogP contribution >= 0.6 is 11.6 Å². The third-order valence-electron chi connectivity index (χ3n) is 3.05. The van der Waals surface area contributed by atoms with Gasteiger partial charge in [-0.2, -0.15) is 0 Å². The highest BCUT2D eigenvalue weighted by atomic mass is 35.5. The monoisotopic (exact) mass is 404 g/mol. The van der Waals surface area contributed by atoms with E-state index in [1.807, 2.05) is 5.32 Å². The molecule has 0 radical (unpaired) electrons. The highest BCUT2D eigenvalue weighted by Crippen LogP contribution is 2.21. The molecule has 11 heteroatoms. The molecule has 0 saturated heterocycles. The van der Waals surface area contributed by atoms with Crippen molar-refractivity contribution in [3.05, 3.63) is 58.6 Å². The molecule has 7 nitrogen and oxygen atoms in total. The summed E-state index contributed by atoms with van der Waals surface area (Å²) >= 11 is 5.79. The van der Waals surface area contributed by atoms with E-state index >= 15 is 0 Å². The fourth-order valence-electron chi connectivity index (χ4n) is 1.84. The number of halogens is 3. The van der Waals surface area contributed by atoms with Crippen LogP contribution in [0.3, 0.4) is 0 Å². The van der Waals surface area contributed by atoms with E-state index in [4.69, 9.17) is 16.7 Å². The third-order valence-corrected chi connectivity index (χ3v) is 4.29. The number of esters is 1. The maximum absolute atomic E-state index is 13.4. The van der Waals surface area contributed by atoms with Crippen molar-refractivity contribution in [1.82, 2.24) is 0 Å². The minimum Gasteiger partial charge on any atom is -0.452 e. The second kappa shape index (κ2) is 7.77. The van der Waals surface area contributed by atoms with Gasteiger partial charge >= 0.3 is 5.97 Å². The fraction of sp³-hybridized carbons (Fsp3) is 0.0667. The normalized spacial score (nSPS) is 11.1. The lowest BCUT2D eigenvalue weighted by atomic mass is 10.2. The Morgan fingerprint density at radius 1 is 1.15 bits per heavy atom. The molecular formula is C15H11ClF2N2O5S. The van der Waals surface area contributed by atoms with Gasteiger partial charge in [0.2, 0.25) is 10.0 Å². The zero-order valence-electron chi connectivity index (χ0n) is 12.8. The number of hydrogen-bond donors (Lipinski definition) is 2. The quantitative estimate of drug-likeness (QED) is 0.740. The maximum atomic E-state index is 13.4. The minimum absolute atomic E-state index is 0.136. The lowest BCUT2D eigenvalue weighted by Gasteiger charge is -2.09. The summed E-state index contributed by atoms with van der Waals surface area (Å²) in [6, 6.07) is 6.07. The second-order valence-corrected chi connectivity index (χ2v) is 6.88. The van der Waals surface area contributed by atoms with Gasteiger partial charge in [-0.3, -0.25) is 4.79 Å². The number of nitrogens with two attached hydrogens (primary N) is 1. The predicted molar refractivity (Wildman–Crippen MR) is 88.1 cm³/mol. The molecule has 0 bridgehead atoms. The van der Waals surface area contributed by atoms with E-state index in [9.17, 15) is 26.8 Å². The van der Waals surface area contributed by atoms with Crippen molar-refractivity contribution in [2.24, 2.45) is 5.14 Å². The van der Waals surface area contributed by atoms with Gasteiger partial charge in [0.05, 0.1) is 15.5 Å². The number of nitrogens with one attached hydrogen (secondary N) is 1. The smallest absolute Gasteiger partial charge is 0.340 e. The number of para-hydroxylation sites is 1. The Morgan fingerprint density at radius 3 is 2.35 bits per heavy atom. The predicted octanol–water partition coefficient (Wildman–Crippen LogP) is 2.06. The Bertz CT molecular complexity index is 962. The van der Waals surface area contributed by atoms with Gasteiger partial charge in [0.1, 0.15) is 17.3 Å². The SMILES string of the molecule is NS(=O)(=O)c1ccc(Cl)c(C(=O)OCC(=O)Nc2c(F)cccc2F)c1. The van der Waals surface area contributed by atoms with E-state index in [2.05, 4.69) is 4.74 Å². The summed E-state index contributed by atoms with van der Waals surface area (Å²) in [5, 5.41) is 6.74. The Morgan fingerprint density at radius 2 is 1.77 bits per heavy atom. The molecule has 2 aromatic carbocycles. The van der Waals surface area contributed by atoms with Crippen LogP contribution in [0.5, 0.6) is 0 Å². The second-order valence-electron chi connectivity index (χ2n) is 4.91. The molecule has 2 rings (SSSR count). The van der Waals surface area contributed by atoms with Crippen LogP contribution in [0.15, 0.2) is 41.3 Å². The third kappa shape index (κ3) is 4.75. The molecule has 0 saturated carbocycles. The summed E-state index contributed by atoms with van der Waals surface area (Å²) in [6.45, 7) is -0.886. The molecule has 0 unspecified atom stereocenters. The molecule has 0 aliphatic heterocycles. The summed E-state index contributed by atoms with van der Waals surface area (Å²) in [4.78, 5) is 23.3. The lowest BCUT2D eigenvalue weighted by Crippen LogP contribution is -2.22. The molecule has 0 fully saturated rings. The van der Waals surface area contributed by atoms with Crippen LogP contribution < -0.4 is 10.5 Å². The molecule has 0 aliphatic rings. The first-order valence-electron chi connectivity index (χ1n) is 6.83. The van der Waals surface area contributed by atoms with Gasteiger partial charge in [-0.15, -0.1) is 0 Å². The zero-order chi connectivity index (χ0) is 19.5. The molecule has 0 heterocycles. The number of carbonyl (C=O) groups is 2. The van der Waals surface area contributed by atoms with Crippen LogP contribution in [0.4, 0.5) is 14.5 Å². The van der Waals surface area contributed by atoms with Crippen molar-refractivity contribution < 1.29 is 31.5 Å². The van der Waals surface area contributed by atoms with Crippen molar-refractivity contribution in [2.45, 2.75) is 4.90 Å². The van der Waals surface area contributed by atoms with Crippen LogP contribution in [0, 0.1) is 11.6 Å². The van der Waals surface area contributed by atoms with E-state index in [0.29, 0.717) is 0 Å². The highest BCUT2D eigenvalue weighted by Gasteiger charge is 2.19. The molecule has 26 heavy (non-hydrogen) atoms. The molecule has 1 amide bonds. The number of rotatable bonds is 5. The summed E-state index contributed by atoms with van der Waals surface area (Å²) in [7, 11) is -4.09. The Balaban J connectivity index is 2.08. The largest absolute Gasteiger partial charge is 0.452 e. The average Bonchev–Trinajstić information content (AvgIpc) is 2.55. The van der Waals surface area contributed by atoms with Crippen LogP contribution in [-0.4, -0.2) is 26.9 Å². The zero-order valence-corrected chi connectivity index (χ0v) is 14.4. The number of sulfonamides is 1. The molecule has 0 aliphatic carbocycles. The summed E-state index contributed by atoms with van der Waals surface area (Å²) < 4.78 is 54.1. The fourth-order valence-corrected chi connectivity index (χ4v) is 2.57. The molecule has 3 N–H and O–H groups in total. The summed E-state index contributed by atoms with van der Waals surface area (Å²) in [6.07, 6.45) is 0. The number of hydrogen-bond acceptors (Lipinski definition) is 5. The van der Waals surface area contributed by atoms with Crippen molar-refractivity contribution >= 4 is 39.2 Å². The molecular weight excluding hydrogens is 394 g/mol. The Kier molecular flexibility index (Phi) is 5.90. The van der Waals surface area contributed by atoms with Crippen molar-refractivity contribution in [3.8, 4) is 0 Å². The van der Waals surface area contributed by atoms with Gasteiger partial charge in [0.25, 0.3) is 5.91 Å². The van der Waals surface area contributed by atoms with Crippen molar-refractivity contribution in [2.75, 3.05) is 11.9 Å². The van der Waals surface area contributed by atoms with Crippen LogP contribution in [0.2, 0.25) is 5.02 Å². The lowest BCUT2D eigenvalue weighted by molar-refractivity contribution is -0.119. The van der Waals surface area contributed by atoms with E-state index in [1.54, 1.807) is 0 Å². The Labute approximate surface area is 151 Å². The van der Waals surface area contributed by atoms with Crippen molar-refractivity contribution in [3.63, 3.8) is 0 Å². The van der Waals surface area contributed by atoms with Gasteiger partial charge < -0.3 is 10.1 Å². The first kappa shape index (κ1) is 19.8. The molecule has 0 spiro atoms. The Hall–Kier alpha value is -2.56. The molecule has 0 aromatic heterocycles. The van der Waals surface area contributed by atoms with E-state index < -0.39 is 45.8 Å². The summed E-state index contributed by atoms with van der Waals surface area (Å²) in [5.74, 6) is -4.15. The molecule has 0 atom stereocenters. The van der Waals surface area contributed by atoms with Gasteiger partial charge in [0, 0.05) is 0 Å². The maximum Gasteiger partial charge on any atom is 0.340 e. The van der Waals surface area contributed by atoms with Gasteiger partial charge in [0.15, 0.2) is 6.61 Å². The topological polar surface area (TPSA) is 116 Å². The van der Waals surface area contributed by atoms with E-state index in [-0.39, 0.29) is 15.5 Å². The number of benzene rings is 2. The van der Waals surface area contributed by atoms with Crippen molar-refractivity contribution in [1.29, 1.82) is 0 Å². The van der Waals surface area contributed by atoms with Gasteiger partial charge in [-0.05, 0) is 30.3 Å². The first-order chi connectivity index (χ1) is 12.1. The van der Waals surface area contributed by atoms with Gasteiger partial charge in [-0.25, -0.2) is 27.1 Å². The van der Waals surface area contributed by atoms with Gasteiger partial charge in [-0.1, -0.05) is 17.7 Å². The number of carbonyl (C=O) groups excluding carboxylic acids is 2. The number of anilines is 1. The standard InChI is InChI=1S/C15H11ClF2N2O5S/c16-10-5-4-8(26(19,23)24)6-9(10)15(22)25-7-13(21)20-14-11(17)2-1-3-12(14)18/h1-6H,7H2,(H,20,21)(H2,19,23,24). The van der Waals surface area contributed by atoms with E-state index in [0.717, 1.165) is 36.4 Å². The molecule has 138 valence electrons. The van der Waals surface area contributed by atoms with Crippen LogP contribution in [-0.2, 0) is 19.6 Å². The molecule has 2 aromatic rings. The average molecular weight is 405 g/mol.